The molecule has 1 aromatic rings. The van der Waals surface area contributed by atoms with Gasteiger partial charge in [-0.2, -0.15) is 0 Å². The number of rotatable bonds is 1. The first-order chi connectivity index (χ1) is 9.73. The van der Waals surface area contributed by atoms with Crippen molar-refractivity contribution in [2.24, 2.45) is 0 Å². The van der Waals surface area contributed by atoms with E-state index in [2.05, 4.69) is 0 Å². The van der Waals surface area contributed by atoms with Crippen molar-refractivity contribution in [2.45, 2.75) is 39.3 Å². The maximum absolute atomic E-state index is 14.2. The molecule has 0 spiro atoms. The van der Waals surface area contributed by atoms with Crippen LogP contribution in [-0.4, -0.2) is 35.4 Å². The lowest BCUT2D eigenvalue weighted by atomic mass is 9.98. The Morgan fingerprint density at radius 3 is 2.62 bits per heavy atom. The molecule has 1 N–H and O–H groups in total. The van der Waals surface area contributed by atoms with Gasteiger partial charge in [0.25, 0.3) is 0 Å². The number of hydrogen-bond donors (Lipinski definition) is 1. The van der Waals surface area contributed by atoms with Gasteiger partial charge >= 0.3 is 6.09 Å². The molecular formula is C15H20FNO4. The molecule has 1 amide bonds. The first-order valence-electron chi connectivity index (χ1n) is 6.78. The van der Waals surface area contributed by atoms with Crippen LogP contribution in [0.2, 0.25) is 0 Å². The molecule has 0 radical (unpaired) electrons. The molecular weight excluding hydrogens is 277 g/mol. The molecule has 1 aromatic carbocycles. The summed E-state index contributed by atoms with van der Waals surface area (Å²) in [6.07, 6.45) is -0.158. The summed E-state index contributed by atoms with van der Waals surface area (Å²) < 4.78 is 24.3. The number of fused-ring (bicyclic) bond motifs is 1. The molecule has 0 aliphatic carbocycles. The van der Waals surface area contributed by atoms with Crippen LogP contribution >= 0.6 is 0 Å². The number of hydrogen-bond acceptors (Lipinski definition) is 4. The monoisotopic (exact) mass is 297 g/mol. The van der Waals surface area contributed by atoms with Gasteiger partial charge in [-0.1, -0.05) is 0 Å². The fourth-order valence-corrected chi connectivity index (χ4v) is 2.30. The molecule has 1 aliphatic rings. The van der Waals surface area contributed by atoms with E-state index in [1.165, 1.54) is 18.1 Å². The number of methoxy groups -OCH3 is 1. The van der Waals surface area contributed by atoms with Gasteiger partial charge in [0.05, 0.1) is 13.7 Å². The maximum atomic E-state index is 14.2. The normalized spacial score (nSPS) is 14.6. The van der Waals surface area contributed by atoms with Crippen molar-refractivity contribution < 1.29 is 23.8 Å². The number of halogens is 1. The van der Waals surface area contributed by atoms with Crippen molar-refractivity contribution >= 4 is 6.09 Å². The Morgan fingerprint density at radius 1 is 1.38 bits per heavy atom. The van der Waals surface area contributed by atoms with E-state index in [4.69, 9.17) is 9.47 Å². The molecule has 1 heterocycles. The Morgan fingerprint density at radius 2 is 2.05 bits per heavy atom. The van der Waals surface area contributed by atoms with Gasteiger partial charge < -0.3 is 19.5 Å². The summed E-state index contributed by atoms with van der Waals surface area (Å²) in [7, 11) is 1.35. The highest BCUT2D eigenvalue weighted by atomic mass is 19.1. The summed E-state index contributed by atoms with van der Waals surface area (Å²) in [5, 5.41) is 10.00. The number of nitrogens with zero attached hydrogens (tertiary/aromatic N) is 1. The van der Waals surface area contributed by atoms with E-state index >= 15 is 0 Å². The van der Waals surface area contributed by atoms with Crippen molar-refractivity contribution in [3.63, 3.8) is 0 Å². The van der Waals surface area contributed by atoms with Crippen LogP contribution in [0.3, 0.4) is 0 Å². The van der Waals surface area contributed by atoms with Crippen molar-refractivity contribution in [1.29, 1.82) is 0 Å². The van der Waals surface area contributed by atoms with E-state index in [1.807, 2.05) is 0 Å². The molecule has 1 aliphatic heterocycles. The second-order valence-corrected chi connectivity index (χ2v) is 6.02. The van der Waals surface area contributed by atoms with Crippen LogP contribution in [0, 0.1) is 5.82 Å². The van der Waals surface area contributed by atoms with Crippen LogP contribution in [0.15, 0.2) is 6.07 Å². The van der Waals surface area contributed by atoms with Crippen LogP contribution in [0.5, 0.6) is 11.5 Å². The van der Waals surface area contributed by atoms with Crippen molar-refractivity contribution in [2.75, 3.05) is 13.7 Å². The Labute approximate surface area is 123 Å². The summed E-state index contributed by atoms with van der Waals surface area (Å²) in [6, 6.07) is 1.23. The van der Waals surface area contributed by atoms with Crippen LogP contribution in [-0.2, 0) is 17.7 Å². The minimum atomic E-state index is -0.593. The van der Waals surface area contributed by atoms with Gasteiger partial charge in [0, 0.05) is 23.7 Å². The van der Waals surface area contributed by atoms with Crippen molar-refractivity contribution in [3.05, 3.63) is 23.0 Å². The molecule has 2 rings (SSSR count). The first kappa shape index (κ1) is 15.4. The quantitative estimate of drug-likeness (QED) is 0.866. The molecule has 0 atom stereocenters. The number of carbonyl (C=O) groups is 1. The predicted octanol–water partition coefficient (Wildman–Crippen LogP) is 2.83. The van der Waals surface area contributed by atoms with Crippen molar-refractivity contribution in [3.8, 4) is 11.5 Å². The Bertz CT molecular complexity index is 566. The maximum Gasteiger partial charge on any atom is 0.410 e. The number of phenolic OH excluding ortho intramolecular Hbond substituents is 1. The van der Waals surface area contributed by atoms with Gasteiger partial charge in [-0.3, -0.25) is 0 Å². The van der Waals surface area contributed by atoms with Gasteiger partial charge in [0.2, 0.25) is 0 Å². The minimum absolute atomic E-state index is 0.0111. The smallest absolute Gasteiger partial charge is 0.410 e. The summed E-state index contributed by atoms with van der Waals surface area (Å²) in [6.45, 7) is 5.81. The Hall–Kier alpha value is -1.98. The molecule has 116 valence electrons. The molecule has 0 saturated heterocycles. The SMILES string of the molecule is COc1cc(O)c2c(c1F)CCN(C(=O)OC(C)(C)C)C2. The molecule has 21 heavy (non-hydrogen) atoms. The van der Waals surface area contributed by atoms with Gasteiger partial charge in [0.1, 0.15) is 11.4 Å². The zero-order valence-electron chi connectivity index (χ0n) is 12.7. The molecule has 5 nitrogen and oxygen atoms in total. The van der Waals surface area contributed by atoms with Gasteiger partial charge in [-0.05, 0) is 27.2 Å². The molecule has 0 fully saturated rings. The summed E-state index contributed by atoms with van der Waals surface area (Å²) in [5.74, 6) is -0.539. The van der Waals surface area contributed by atoms with Crippen LogP contribution < -0.4 is 4.74 Å². The van der Waals surface area contributed by atoms with Gasteiger partial charge in [0.15, 0.2) is 11.6 Å². The third-order valence-electron chi connectivity index (χ3n) is 3.27. The van der Waals surface area contributed by atoms with E-state index in [0.717, 1.165) is 0 Å². The minimum Gasteiger partial charge on any atom is -0.507 e. The first-order valence-corrected chi connectivity index (χ1v) is 6.78. The number of phenols is 1. The van der Waals surface area contributed by atoms with Gasteiger partial charge in [-0.25, -0.2) is 9.18 Å². The lowest BCUT2D eigenvalue weighted by Crippen LogP contribution is -2.40. The molecule has 0 bridgehead atoms. The summed E-state index contributed by atoms with van der Waals surface area (Å²) in [5.41, 5.74) is 0.210. The number of ether oxygens (including phenoxy) is 2. The fraction of sp³-hybridized carbons (Fsp3) is 0.533. The third-order valence-corrected chi connectivity index (χ3v) is 3.27. The average Bonchev–Trinajstić information content (AvgIpc) is 2.40. The molecule has 6 heteroatoms. The fourth-order valence-electron chi connectivity index (χ4n) is 2.30. The van der Waals surface area contributed by atoms with E-state index in [9.17, 15) is 14.3 Å². The second-order valence-electron chi connectivity index (χ2n) is 6.02. The predicted molar refractivity (Wildman–Crippen MR) is 75.0 cm³/mol. The third kappa shape index (κ3) is 3.20. The van der Waals surface area contributed by atoms with Crippen molar-refractivity contribution in [1.82, 2.24) is 4.90 Å². The Balaban J connectivity index is 2.25. The van der Waals surface area contributed by atoms with Gasteiger partial charge in [-0.15, -0.1) is 0 Å². The van der Waals surface area contributed by atoms with Crippen LogP contribution in [0.25, 0.3) is 0 Å². The van der Waals surface area contributed by atoms with E-state index in [1.54, 1.807) is 20.8 Å². The zero-order chi connectivity index (χ0) is 15.8. The highest BCUT2D eigenvalue weighted by Gasteiger charge is 2.29. The largest absolute Gasteiger partial charge is 0.507 e. The molecule has 0 aromatic heterocycles. The van der Waals surface area contributed by atoms with E-state index < -0.39 is 17.5 Å². The lowest BCUT2D eigenvalue weighted by molar-refractivity contribution is 0.0221. The zero-order valence-corrected chi connectivity index (χ0v) is 12.7. The molecule has 0 saturated carbocycles. The average molecular weight is 297 g/mol. The Kier molecular flexibility index (Phi) is 3.98. The topological polar surface area (TPSA) is 59.0 Å². The van der Waals surface area contributed by atoms with E-state index in [-0.39, 0.29) is 18.0 Å². The summed E-state index contributed by atoms with van der Waals surface area (Å²) >= 11 is 0. The second kappa shape index (κ2) is 5.42. The number of carbonyl (C=O) groups excluding carboxylic acids is 1. The van der Waals surface area contributed by atoms with Crippen LogP contribution in [0.4, 0.5) is 9.18 Å². The summed E-state index contributed by atoms with van der Waals surface area (Å²) in [4.78, 5) is 13.5. The lowest BCUT2D eigenvalue weighted by Gasteiger charge is -2.31. The molecule has 0 unspecified atom stereocenters. The highest BCUT2D eigenvalue weighted by Crippen LogP contribution is 2.35. The highest BCUT2D eigenvalue weighted by molar-refractivity contribution is 5.69. The van der Waals surface area contributed by atoms with Crippen LogP contribution in [0.1, 0.15) is 31.9 Å². The number of amides is 1. The van der Waals surface area contributed by atoms with E-state index in [0.29, 0.717) is 24.1 Å². The standard InChI is InChI=1S/C15H20FNO4/c1-15(2,3)21-14(19)17-6-5-9-10(8-17)11(18)7-12(20-4)13(9)16/h7,18H,5-6,8H2,1-4H3. The number of benzene rings is 1. The number of aromatic hydroxyl groups is 1.